The monoisotopic (exact) mass is 228 g/mol. The first-order chi connectivity index (χ1) is 7.41. The maximum Gasteiger partial charge on any atom is 0.257 e. The van der Waals surface area contributed by atoms with Crippen LogP contribution in [0.2, 0.25) is 0 Å². The third kappa shape index (κ3) is 2.75. The largest absolute Gasteiger partial charge is 0.368 e. The molecule has 0 spiro atoms. The molecule has 0 heterocycles. The van der Waals surface area contributed by atoms with Crippen molar-refractivity contribution in [2.75, 3.05) is 13.6 Å². The van der Waals surface area contributed by atoms with Crippen LogP contribution < -0.4 is 5.73 Å². The first-order valence-electron chi connectivity index (χ1n) is 4.40. The number of nitrogens with zero attached hydrogens (tertiary/aromatic N) is 1. The van der Waals surface area contributed by atoms with Crippen LogP contribution >= 0.6 is 0 Å². The Morgan fingerprint density at radius 1 is 1.38 bits per heavy atom. The predicted molar refractivity (Wildman–Crippen MR) is 52.5 cm³/mol. The fourth-order valence-corrected chi connectivity index (χ4v) is 1.17. The Kier molecular flexibility index (Phi) is 3.55. The van der Waals surface area contributed by atoms with Crippen LogP contribution in [-0.4, -0.2) is 30.3 Å². The molecule has 1 aromatic rings. The number of benzene rings is 1. The lowest BCUT2D eigenvalue weighted by atomic mass is 10.2. The second-order valence-corrected chi connectivity index (χ2v) is 3.25. The maximum absolute atomic E-state index is 13.2. The summed E-state index contributed by atoms with van der Waals surface area (Å²) in [4.78, 5) is 23.1. The molecular weight excluding hydrogens is 218 g/mol. The van der Waals surface area contributed by atoms with E-state index in [1.54, 1.807) is 0 Å². The zero-order valence-electron chi connectivity index (χ0n) is 8.54. The van der Waals surface area contributed by atoms with Crippen LogP contribution in [0.4, 0.5) is 8.78 Å². The predicted octanol–water partition coefficient (Wildman–Crippen LogP) is 0.522. The first-order valence-corrected chi connectivity index (χ1v) is 4.40. The van der Waals surface area contributed by atoms with Crippen LogP contribution in [0.1, 0.15) is 10.4 Å². The van der Waals surface area contributed by atoms with Gasteiger partial charge in [-0.1, -0.05) is 0 Å². The van der Waals surface area contributed by atoms with E-state index in [1.807, 2.05) is 0 Å². The molecule has 0 unspecified atom stereocenters. The molecule has 86 valence electrons. The van der Waals surface area contributed by atoms with Gasteiger partial charge in [-0.3, -0.25) is 9.59 Å². The molecule has 0 aliphatic rings. The molecule has 1 rings (SSSR count). The maximum atomic E-state index is 13.2. The van der Waals surface area contributed by atoms with Crippen LogP contribution in [0.5, 0.6) is 0 Å². The number of carbonyl (C=O) groups is 2. The minimum absolute atomic E-state index is 0.301. The summed E-state index contributed by atoms with van der Waals surface area (Å²) in [6.07, 6.45) is 0. The van der Waals surface area contributed by atoms with Crippen molar-refractivity contribution >= 4 is 11.8 Å². The highest BCUT2D eigenvalue weighted by Gasteiger charge is 2.17. The molecule has 6 heteroatoms. The van der Waals surface area contributed by atoms with E-state index in [1.165, 1.54) is 7.05 Å². The second-order valence-electron chi connectivity index (χ2n) is 3.25. The average Bonchev–Trinajstić information content (AvgIpc) is 2.15. The quantitative estimate of drug-likeness (QED) is 0.819. The highest BCUT2D eigenvalue weighted by atomic mass is 19.1. The standard InChI is InChI=1S/C10H10F2N2O2/c1-14(5-9(13)15)10(16)7-3-2-6(11)4-8(7)12/h2-4H,5H2,1H3,(H2,13,15). The Morgan fingerprint density at radius 2 is 2.00 bits per heavy atom. The third-order valence-corrected chi connectivity index (χ3v) is 1.90. The number of rotatable bonds is 3. The lowest BCUT2D eigenvalue weighted by Gasteiger charge is -2.15. The minimum Gasteiger partial charge on any atom is -0.368 e. The highest BCUT2D eigenvalue weighted by molar-refractivity contribution is 5.96. The van der Waals surface area contributed by atoms with Gasteiger partial charge in [0.1, 0.15) is 11.6 Å². The topological polar surface area (TPSA) is 63.4 Å². The Labute approximate surface area is 90.6 Å². The molecule has 0 saturated heterocycles. The van der Waals surface area contributed by atoms with E-state index in [4.69, 9.17) is 5.73 Å². The summed E-state index contributed by atoms with van der Waals surface area (Å²) in [7, 11) is 1.30. The Balaban J connectivity index is 2.92. The molecule has 2 N–H and O–H groups in total. The van der Waals surface area contributed by atoms with Crippen LogP contribution in [0.25, 0.3) is 0 Å². The number of primary amides is 1. The Hall–Kier alpha value is -1.98. The van der Waals surface area contributed by atoms with Gasteiger partial charge < -0.3 is 10.6 Å². The molecule has 0 aromatic heterocycles. The summed E-state index contributed by atoms with van der Waals surface area (Å²) in [5.41, 5.74) is 4.58. The Bertz CT molecular complexity index is 435. The van der Waals surface area contributed by atoms with Crippen molar-refractivity contribution in [1.82, 2.24) is 4.90 Å². The highest BCUT2D eigenvalue weighted by Crippen LogP contribution is 2.11. The number of hydrogen-bond donors (Lipinski definition) is 1. The smallest absolute Gasteiger partial charge is 0.257 e. The van der Waals surface area contributed by atoms with Crippen molar-refractivity contribution in [2.24, 2.45) is 5.73 Å². The molecule has 16 heavy (non-hydrogen) atoms. The Morgan fingerprint density at radius 3 is 2.50 bits per heavy atom. The zero-order chi connectivity index (χ0) is 12.3. The van der Waals surface area contributed by atoms with Crippen molar-refractivity contribution in [3.8, 4) is 0 Å². The normalized spacial score (nSPS) is 9.94. The molecule has 0 radical (unpaired) electrons. The molecule has 4 nitrogen and oxygen atoms in total. The van der Waals surface area contributed by atoms with Crippen molar-refractivity contribution < 1.29 is 18.4 Å². The molecular formula is C10H10F2N2O2. The van der Waals surface area contributed by atoms with E-state index in [2.05, 4.69) is 0 Å². The molecule has 0 atom stereocenters. The lowest BCUT2D eigenvalue weighted by Crippen LogP contribution is -2.35. The SMILES string of the molecule is CN(CC(N)=O)C(=O)c1ccc(F)cc1F. The fourth-order valence-electron chi connectivity index (χ4n) is 1.17. The van der Waals surface area contributed by atoms with Crippen LogP contribution in [-0.2, 0) is 4.79 Å². The molecule has 0 saturated carbocycles. The number of carbonyl (C=O) groups excluding carboxylic acids is 2. The van der Waals surface area contributed by atoms with Crippen molar-refractivity contribution in [3.05, 3.63) is 35.4 Å². The summed E-state index contributed by atoms with van der Waals surface area (Å²) >= 11 is 0. The number of hydrogen-bond acceptors (Lipinski definition) is 2. The molecule has 0 bridgehead atoms. The van der Waals surface area contributed by atoms with E-state index < -0.39 is 23.4 Å². The summed E-state index contributed by atoms with van der Waals surface area (Å²) in [6.45, 7) is -0.324. The van der Waals surface area contributed by atoms with Gasteiger partial charge in [0.2, 0.25) is 5.91 Å². The van der Waals surface area contributed by atoms with Crippen molar-refractivity contribution in [2.45, 2.75) is 0 Å². The number of likely N-dealkylation sites (N-methyl/N-ethyl adjacent to an activating group) is 1. The molecule has 0 aliphatic carbocycles. The van der Waals surface area contributed by atoms with Gasteiger partial charge in [-0.05, 0) is 12.1 Å². The van der Waals surface area contributed by atoms with Gasteiger partial charge in [-0.2, -0.15) is 0 Å². The van der Waals surface area contributed by atoms with Gasteiger partial charge in [0, 0.05) is 13.1 Å². The number of halogens is 2. The number of nitrogens with two attached hydrogens (primary N) is 1. The molecule has 1 aromatic carbocycles. The van der Waals surface area contributed by atoms with Crippen molar-refractivity contribution in [1.29, 1.82) is 0 Å². The van der Waals surface area contributed by atoms with Crippen LogP contribution in [0.15, 0.2) is 18.2 Å². The molecule has 2 amide bonds. The summed E-state index contributed by atoms with van der Waals surface area (Å²) in [5.74, 6) is -3.18. The summed E-state index contributed by atoms with van der Waals surface area (Å²) < 4.78 is 25.8. The number of amides is 2. The van der Waals surface area contributed by atoms with E-state index in [9.17, 15) is 18.4 Å². The minimum atomic E-state index is -0.971. The molecule has 0 fully saturated rings. The van der Waals surface area contributed by atoms with Gasteiger partial charge in [0.05, 0.1) is 12.1 Å². The fraction of sp³-hybridized carbons (Fsp3) is 0.200. The van der Waals surface area contributed by atoms with Crippen LogP contribution in [0, 0.1) is 11.6 Å². The van der Waals surface area contributed by atoms with Gasteiger partial charge in [-0.15, -0.1) is 0 Å². The van der Waals surface area contributed by atoms with Gasteiger partial charge in [-0.25, -0.2) is 8.78 Å². The van der Waals surface area contributed by atoms with Gasteiger partial charge in [0.15, 0.2) is 0 Å². The van der Waals surface area contributed by atoms with E-state index in [0.717, 1.165) is 17.0 Å². The lowest BCUT2D eigenvalue weighted by molar-refractivity contribution is -0.118. The third-order valence-electron chi connectivity index (χ3n) is 1.90. The van der Waals surface area contributed by atoms with Crippen LogP contribution in [0.3, 0.4) is 0 Å². The summed E-state index contributed by atoms with van der Waals surface area (Å²) in [5, 5.41) is 0. The second kappa shape index (κ2) is 4.69. The zero-order valence-corrected chi connectivity index (χ0v) is 8.54. The van der Waals surface area contributed by atoms with Crippen molar-refractivity contribution in [3.63, 3.8) is 0 Å². The van der Waals surface area contributed by atoms with Gasteiger partial charge >= 0.3 is 0 Å². The van der Waals surface area contributed by atoms with Gasteiger partial charge in [0.25, 0.3) is 5.91 Å². The average molecular weight is 228 g/mol. The van der Waals surface area contributed by atoms with E-state index >= 15 is 0 Å². The van der Waals surface area contributed by atoms with E-state index in [0.29, 0.717) is 6.07 Å². The first kappa shape index (κ1) is 12.1. The van der Waals surface area contributed by atoms with E-state index in [-0.39, 0.29) is 12.1 Å². The summed E-state index contributed by atoms with van der Waals surface area (Å²) in [6, 6.07) is 2.59. The molecule has 0 aliphatic heterocycles.